The number of carbonyl (C=O) groups is 1. The Hall–Kier alpha value is -3.09. The largest absolute Gasteiger partial charge is 0.322 e. The first kappa shape index (κ1) is 20.2. The number of H-pyrrole nitrogens is 1. The van der Waals surface area contributed by atoms with E-state index in [4.69, 9.17) is 11.6 Å². The van der Waals surface area contributed by atoms with Gasteiger partial charge in [0.15, 0.2) is 0 Å². The van der Waals surface area contributed by atoms with E-state index in [1.165, 1.54) is 0 Å². The molecule has 0 saturated heterocycles. The molecule has 30 heavy (non-hydrogen) atoms. The van der Waals surface area contributed by atoms with Crippen LogP contribution in [-0.4, -0.2) is 15.9 Å². The highest BCUT2D eigenvalue weighted by Gasteiger charge is 2.18. The smallest absolute Gasteiger partial charge is 0.322 e. The molecule has 2 aromatic carbocycles. The van der Waals surface area contributed by atoms with Gasteiger partial charge >= 0.3 is 6.03 Å². The molecule has 0 atom stereocenters. The van der Waals surface area contributed by atoms with E-state index in [1.807, 2.05) is 54.8 Å². The van der Waals surface area contributed by atoms with Crippen molar-refractivity contribution in [3.05, 3.63) is 97.4 Å². The molecule has 0 aliphatic carbocycles. The molecule has 4 aromatic rings. The summed E-state index contributed by atoms with van der Waals surface area (Å²) < 4.78 is 0. The van der Waals surface area contributed by atoms with Crippen molar-refractivity contribution in [2.45, 2.75) is 20.0 Å². The number of fused-ring (bicyclic) bond motifs is 1. The van der Waals surface area contributed by atoms with Crippen molar-refractivity contribution in [2.75, 3.05) is 5.32 Å². The van der Waals surface area contributed by atoms with Crippen molar-refractivity contribution >= 4 is 45.6 Å². The van der Waals surface area contributed by atoms with Crippen LogP contribution >= 0.6 is 22.9 Å². The Morgan fingerprint density at radius 1 is 1.10 bits per heavy atom. The van der Waals surface area contributed by atoms with Crippen molar-refractivity contribution in [3.63, 3.8) is 0 Å². The summed E-state index contributed by atoms with van der Waals surface area (Å²) in [5, 5.41) is 6.22. The van der Waals surface area contributed by atoms with Crippen LogP contribution in [-0.2, 0) is 13.1 Å². The Kier molecular flexibility index (Phi) is 5.88. The van der Waals surface area contributed by atoms with Crippen molar-refractivity contribution in [2.24, 2.45) is 0 Å². The monoisotopic (exact) mass is 437 g/mol. The van der Waals surface area contributed by atoms with Crippen LogP contribution in [0.3, 0.4) is 0 Å². The number of nitrogens with zero attached hydrogens (tertiary/aromatic N) is 1. The summed E-state index contributed by atoms with van der Waals surface area (Å²) in [6, 6.07) is 18.4. The number of aromatic nitrogens is 1. The van der Waals surface area contributed by atoms with Crippen LogP contribution in [0.25, 0.3) is 10.9 Å². The molecule has 5 nitrogen and oxygen atoms in total. The van der Waals surface area contributed by atoms with Gasteiger partial charge in [-0.3, -0.25) is 4.79 Å². The second kappa shape index (κ2) is 8.73. The number of amides is 2. The number of anilines is 1. The van der Waals surface area contributed by atoms with E-state index in [1.54, 1.807) is 34.4 Å². The molecule has 0 aliphatic rings. The summed E-state index contributed by atoms with van der Waals surface area (Å²) in [6.07, 6.45) is 0. The maximum absolute atomic E-state index is 13.1. The van der Waals surface area contributed by atoms with Gasteiger partial charge in [-0.25, -0.2) is 4.79 Å². The molecule has 0 spiro atoms. The fourth-order valence-corrected chi connectivity index (χ4v) is 4.14. The number of pyridine rings is 1. The summed E-state index contributed by atoms with van der Waals surface area (Å²) >= 11 is 7.76. The topological polar surface area (TPSA) is 65.2 Å². The summed E-state index contributed by atoms with van der Waals surface area (Å²) in [6.45, 7) is 2.57. The molecule has 0 aliphatic heterocycles. The number of thiophene rings is 1. The van der Waals surface area contributed by atoms with Crippen LogP contribution in [0.15, 0.2) is 70.8 Å². The number of halogens is 1. The molecule has 2 amide bonds. The quantitative estimate of drug-likeness (QED) is 0.415. The molecule has 4 rings (SSSR count). The number of rotatable bonds is 5. The zero-order chi connectivity index (χ0) is 21.1. The van der Waals surface area contributed by atoms with E-state index < -0.39 is 0 Å². The zero-order valence-electron chi connectivity index (χ0n) is 16.3. The van der Waals surface area contributed by atoms with Crippen LogP contribution in [0.4, 0.5) is 10.5 Å². The van der Waals surface area contributed by atoms with E-state index in [0.717, 1.165) is 21.3 Å². The highest BCUT2D eigenvalue weighted by atomic mass is 35.5. The normalized spacial score (nSPS) is 10.9. The third-order valence-corrected chi connectivity index (χ3v) is 5.96. The van der Waals surface area contributed by atoms with Crippen LogP contribution in [0.5, 0.6) is 0 Å². The maximum Gasteiger partial charge on any atom is 0.322 e. The van der Waals surface area contributed by atoms with Crippen molar-refractivity contribution in [3.8, 4) is 0 Å². The molecular formula is C23H20ClN3O2S. The van der Waals surface area contributed by atoms with Gasteiger partial charge in [0.05, 0.1) is 23.8 Å². The fraction of sp³-hybridized carbons (Fsp3) is 0.130. The zero-order valence-corrected chi connectivity index (χ0v) is 17.9. The Labute approximate surface area is 182 Å². The fourth-order valence-electron chi connectivity index (χ4n) is 3.24. The Bertz CT molecular complexity index is 1250. The Balaban J connectivity index is 1.65. The Morgan fingerprint density at radius 2 is 1.93 bits per heavy atom. The van der Waals surface area contributed by atoms with E-state index in [0.29, 0.717) is 22.8 Å². The van der Waals surface area contributed by atoms with Crippen LogP contribution in [0, 0.1) is 6.92 Å². The second-order valence-electron chi connectivity index (χ2n) is 7.06. The van der Waals surface area contributed by atoms with Crippen molar-refractivity contribution < 1.29 is 4.79 Å². The average Bonchev–Trinajstić information content (AvgIpc) is 3.23. The first-order chi connectivity index (χ1) is 14.5. The number of nitrogens with one attached hydrogen (secondary N) is 2. The third kappa shape index (κ3) is 4.56. The Morgan fingerprint density at radius 3 is 2.70 bits per heavy atom. The minimum atomic E-state index is -0.319. The molecule has 0 radical (unpaired) electrons. The predicted octanol–water partition coefficient (Wildman–Crippen LogP) is 5.79. The number of aryl methyl sites for hydroxylation is 1. The lowest BCUT2D eigenvalue weighted by Crippen LogP contribution is -2.35. The molecule has 0 fully saturated rings. The molecule has 152 valence electrons. The first-order valence-corrected chi connectivity index (χ1v) is 10.7. The van der Waals surface area contributed by atoms with Gasteiger partial charge in [-0.05, 0) is 54.1 Å². The SMILES string of the molecule is Cc1ccc2[nH]c(=O)c(CN(Cc3cccs3)C(=O)Nc3ccccc3Cl)cc2c1. The number of para-hydroxylation sites is 1. The van der Waals surface area contributed by atoms with Gasteiger partial charge in [0.25, 0.3) is 5.56 Å². The highest BCUT2D eigenvalue weighted by Crippen LogP contribution is 2.22. The summed E-state index contributed by atoms with van der Waals surface area (Å²) in [4.78, 5) is 31.3. The van der Waals surface area contributed by atoms with Gasteiger partial charge in [-0.2, -0.15) is 0 Å². The highest BCUT2D eigenvalue weighted by molar-refractivity contribution is 7.09. The molecule has 2 N–H and O–H groups in total. The van der Waals surface area contributed by atoms with Crippen LogP contribution in [0.1, 0.15) is 16.0 Å². The van der Waals surface area contributed by atoms with Gasteiger partial charge in [-0.1, -0.05) is 41.4 Å². The van der Waals surface area contributed by atoms with Crippen LogP contribution < -0.4 is 10.9 Å². The number of hydrogen-bond acceptors (Lipinski definition) is 3. The van der Waals surface area contributed by atoms with E-state index in [2.05, 4.69) is 10.3 Å². The van der Waals surface area contributed by atoms with Gasteiger partial charge < -0.3 is 15.2 Å². The van der Waals surface area contributed by atoms with Gasteiger partial charge in [0.2, 0.25) is 0 Å². The third-order valence-electron chi connectivity index (χ3n) is 4.77. The molecule has 0 unspecified atom stereocenters. The van der Waals surface area contributed by atoms with Crippen molar-refractivity contribution in [1.82, 2.24) is 9.88 Å². The number of urea groups is 1. The minimum absolute atomic E-state index is 0.174. The number of aromatic amines is 1. The van der Waals surface area contributed by atoms with Gasteiger partial charge in [0, 0.05) is 16.0 Å². The van der Waals surface area contributed by atoms with Crippen molar-refractivity contribution in [1.29, 1.82) is 0 Å². The summed E-state index contributed by atoms with van der Waals surface area (Å²) in [7, 11) is 0. The number of hydrogen-bond donors (Lipinski definition) is 2. The molecule has 2 aromatic heterocycles. The van der Waals surface area contributed by atoms with Gasteiger partial charge in [-0.15, -0.1) is 11.3 Å². The van der Waals surface area contributed by atoms with E-state index in [-0.39, 0.29) is 18.1 Å². The first-order valence-electron chi connectivity index (χ1n) is 9.45. The lowest BCUT2D eigenvalue weighted by atomic mass is 10.1. The summed E-state index contributed by atoms with van der Waals surface area (Å²) in [5.74, 6) is 0. The molecule has 7 heteroatoms. The lowest BCUT2D eigenvalue weighted by molar-refractivity contribution is 0.207. The number of carbonyl (C=O) groups excluding carboxylic acids is 1. The maximum atomic E-state index is 13.1. The average molecular weight is 438 g/mol. The van der Waals surface area contributed by atoms with Gasteiger partial charge in [0.1, 0.15) is 0 Å². The van der Waals surface area contributed by atoms with Crippen LogP contribution in [0.2, 0.25) is 5.02 Å². The van der Waals surface area contributed by atoms with E-state index >= 15 is 0 Å². The lowest BCUT2D eigenvalue weighted by Gasteiger charge is -2.23. The minimum Gasteiger partial charge on any atom is -0.322 e. The number of benzene rings is 2. The predicted molar refractivity (Wildman–Crippen MR) is 123 cm³/mol. The molecule has 2 heterocycles. The molecule has 0 saturated carbocycles. The molecule has 0 bridgehead atoms. The van der Waals surface area contributed by atoms with E-state index in [9.17, 15) is 9.59 Å². The summed E-state index contributed by atoms with van der Waals surface area (Å²) in [5.41, 5.74) is 2.74. The molecular weight excluding hydrogens is 418 g/mol. The standard InChI is InChI=1S/C23H20ClN3O2S/c1-15-8-9-20-16(11-15)12-17(22(28)25-20)13-27(14-18-5-4-10-30-18)23(29)26-21-7-3-2-6-19(21)24/h2-12H,13-14H2,1H3,(H,25,28)(H,26,29). The second-order valence-corrected chi connectivity index (χ2v) is 8.50.